The number of carbonyl (C=O) groups is 1. The molecule has 0 radical (unpaired) electrons. The summed E-state index contributed by atoms with van der Waals surface area (Å²) in [7, 11) is 0. The van der Waals surface area contributed by atoms with Crippen molar-refractivity contribution in [3.63, 3.8) is 0 Å². The molecule has 134 valence electrons. The standard InChI is InChI=1S/C17H34N4OS/c1-7-18-15(22)17(5,6)12-20-16(19-8-2)21-9-10-23-14(11-21)13(3)4/h13-14H,7-12H2,1-6H3,(H,18,22)(H,19,20). The van der Waals surface area contributed by atoms with Gasteiger partial charge in [-0.3, -0.25) is 9.79 Å². The van der Waals surface area contributed by atoms with E-state index in [2.05, 4.69) is 48.1 Å². The first-order valence-corrected chi connectivity index (χ1v) is 9.79. The molecule has 1 amide bonds. The Morgan fingerprint density at radius 3 is 2.52 bits per heavy atom. The molecule has 1 aliphatic rings. The highest BCUT2D eigenvalue weighted by molar-refractivity contribution is 8.00. The van der Waals surface area contributed by atoms with Crippen LogP contribution < -0.4 is 10.6 Å². The van der Waals surface area contributed by atoms with Gasteiger partial charge >= 0.3 is 0 Å². The fourth-order valence-corrected chi connectivity index (χ4v) is 3.74. The van der Waals surface area contributed by atoms with E-state index in [4.69, 9.17) is 4.99 Å². The highest BCUT2D eigenvalue weighted by Crippen LogP contribution is 2.25. The molecule has 0 saturated carbocycles. The Kier molecular flexibility index (Phi) is 8.23. The molecular formula is C17H34N4OS. The van der Waals surface area contributed by atoms with Gasteiger partial charge in [-0.15, -0.1) is 0 Å². The molecule has 23 heavy (non-hydrogen) atoms. The van der Waals surface area contributed by atoms with Gasteiger partial charge in [0.1, 0.15) is 0 Å². The van der Waals surface area contributed by atoms with Gasteiger partial charge in [0.2, 0.25) is 5.91 Å². The first-order valence-electron chi connectivity index (χ1n) is 8.75. The Balaban J connectivity index is 2.78. The third kappa shape index (κ3) is 6.24. The molecule has 6 heteroatoms. The summed E-state index contributed by atoms with van der Waals surface area (Å²) < 4.78 is 0. The van der Waals surface area contributed by atoms with E-state index < -0.39 is 5.41 Å². The maximum absolute atomic E-state index is 12.1. The molecule has 1 aliphatic heterocycles. The van der Waals surface area contributed by atoms with Crippen LogP contribution in [0.15, 0.2) is 4.99 Å². The Hall–Kier alpha value is -0.910. The first-order chi connectivity index (χ1) is 10.8. The summed E-state index contributed by atoms with van der Waals surface area (Å²) in [6.07, 6.45) is 0. The molecule has 1 saturated heterocycles. The summed E-state index contributed by atoms with van der Waals surface area (Å²) in [4.78, 5) is 19.2. The number of guanidine groups is 1. The lowest BCUT2D eigenvalue weighted by Crippen LogP contribution is -2.49. The second kappa shape index (κ2) is 9.40. The minimum atomic E-state index is -0.487. The topological polar surface area (TPSA) is 56.7 Å². The molecule has 1 rings (SSSR count). The summed E-state index contributed by atoms with van der Waals surface area (Å²) in [5, 5.41) is 6.93. The van der Waals surface area contributed by atoms with E-state index in [0.29, 0.717) is 24.3 Å². The van der Waals surface area contributed by atoms with Crippen molar-refractivity contribution < 1.29 is 4.79 Å². The number of thioether (sulfide) groups is 1. The van der Waals surface area contributed by atoms with E-state index in [0.717, 1.165) is 31.3 Å². The van der Waals surface area contributed by atoms with Crippen LogP contribution in [-0.4, -0.2) is 60.5 Å². The average molecular weight is 343 g/mol. The molecule has 2 N–H and O–H groups in total. The van der Waals surface area contributed by atoms with Crippen LogP contribution in [0, 0.1) is 11.3 Å². The number of amides is 1. The number of hydrogen-bond donors (Lipinski definition) is 2. The molecular weight excluding hydrogens is 308 g/mol. The zero-order chi connectivity index (χ0) is 17.5. The van der Waals surface area contributed by atoms with Gasteiger partial charge in [0.05, 0.1) is 12.0 Å². The Labute approximate surface area is 146 Å². The van der Waals surface area contributed by atoms with Crippen LogP contribution in [0.5, 0.6) is 0 Å². The van der Waals surface area contributed by atoms with Crippen LogP contribution in [0.2, 0.25) is 0 Å². The summed E-state index contributed by atoms with van der Waals surface area (Å²) in [5.74, 6) is 2.80. The third-order valence-corrected chi connectivity index (χ3v) is 5.59. The van der Waals surface area contributed by atoms with Gasteiger partial charge < -0.3 is 15.5 Å². The van der Waals surface area contributed by atoms with Crippen molar-refractivity contribution in [3.05, 3.63) is 0 Å². The van der Waals surface area contributed by atoms with Gasteiger partial charge in [-0.1, -0.05) is 13.8 Å². The zero-order valence-corrected chi connectivity index (χ0v) is 16.4. The highest BCUT2D eigenvalue weighted by Gasteiger charge is 2.29. The van der Waals surface area contributed by atoms with Gasteiger partial charge in [-0.05, 0) is 33.6 Å². The molecule has 1 atom stereocenters. The number of nitrogens with one attached hydrogen (secondary N) is 2. The maximum atomic E-state index is 12.1. The number of nitrogens with zero attached hydrogens (tertiary/aromatic N) is 2. The van der Waals surface area contributed by atoms with Crippen molar-refractivity contribution in [1.29, 1.82) is 0 Å². The van der Waals surface area contributed by atoms with Crippen LogP contribution >= 0.6 is 11.8 Å². The summed E-state index contributed by atoms with van der Waals surface area (Å²) in [6.45, 7) is 16.5. The van der Waals surface area contributed by atoms with E-state index in [9.17, 15) is 4.79 Å². The summed E-state index contributed by atoms with van der Waals surface area (Å²) in [5.41, 5.74) is -0.487. The number of hydrogen-bond acceptors (Lipinski definition) is 3. The quantitative estimate of drug-likeness (QED) is 0.574. The monoisotopic (exact) mass is 342 g/mol. The lowest BCUT2D eigenvalue weighted by atomic mass is 9.92. The SMILES string of the molecule is CCNC(=O)C(C)(C)CN=C(NCC)N1CCSC(C(C)C)C1. The fourth-order valence-electron chi connectivity index (χ4n) is 2.44. The molecule has 1 heterocycles. The predicted octanol–water partition coefficient (Wildman–Crippen LogP) is 2.19. The van der Waals surface area contributed by atoms with E-state index in [1.165, 1.54) is 0 Å². The largest absolute Gasteiger partial charge is 0.357 e. The Morgan fingerprint density at radius 1 is 1.30 bits per heavy atom. The van der Waals surface area contributed by atoms with Crippen molar-refractivity contribution in [2.75, 3.05) is 38.5 Å². The third-order valence-electron chi connectivity index (χ3n) is 4.05. The Bertz CT molecular complexity index is 409. The van der Waals surface area contributed by atoms with Crippen LogP contribution in [0.4, 0.5) is 0 Å². The van der Waals surface area contributed by atoms with E-state index in [-0.39, 0.29) is 5.91 Å². The van der Waals surface area contributed by atoms with Gasteiger partial charge in [0, 0.05) is 37.2 Å². The molecule has 0 aromatic carbocycles. The predicted molar refractivity (Wildman–Crippen MR) is 101 cm³/mol. The van der Waals surface area contributed by atoms with Crippen LogP contribution in [0.3, 0.4) is 0 Å². The van der Waals surface area contributed by atoms with Crippen molar-refractivity contribution >= 4 is 23.6 Å². The first kappa shape index (κ1) is 20.1. The minimum Gasteiger partial charge on any atom is -0.357 e. The normalized spacial score (nSPS) is 19.9. The van der Waals surface area contributed by atoms with E-state index in [1.54, 1.807) is 0 Å². The maximum Gasteiger partial charge on any atom is 0.227 e. The lowest BCUT2D eigenvalue weighted by Gasteiger charge is -2.36. The van der Waals surface area contributed by atoms with Gasteiger partial charge in [0.25, 0.3) is 0 Å². The van der Waals surface area contributed by atoms with E-state index >= 15 is 0 Å². The fraction of sp³-hybridized carbons (Fsp3) is 0.882. The molecule has 0 spiro atoms. The molecule has 0 aliphatic carbocycles. The molecule has 5 nitrogen and oxygen atoms in total. The smallest absolute Gasteiger partial charge is 0.227 e. The molecule has 1 unspecified atom stereocenters. The molecule has 0 aromatic rings. The van der Waals surface area contributed by atoms with Crippen molar-refractivity contribution in [1.82, 2.24) is 15.5 Å². The van der Waals surface area contributed by atoms with E-state index in [1.807, 2.05) is 20.8 Å². The molecule has 0 aromatic heterocycles. The van der Waals surface area contributed by atoms with Crippen LogP contribution in [-0.2, 0) is 4.79 Å². The second-order valence-corrected chi connectivity index (χ2v) is 8.36. The van der Waals surface area contributed by atoms with Gasteiger partial charge in [-0.2, -0.15) is 11.8 Å². The molecule has 1 fully saturated rings. The van der Waals surface area contributed by atoms with Crippen LogP contribution in [0.25, 0.3) is 0 Å². The number of carbonyl (C=O) groups excluding carboxylic acids is 1. The second-order valence-electron chi connectivity index (χ2n) is 7.01. The molecule has 0 bridgehead atoms. The van der Waals surface area contributed by atoms with Gasteiger partial charge in [-0.25, -0.2) is 0 Å². The summed E-state index contributed by atoms with van der Waals surface area (Å²) in [6, 6.07) is 0. The summed E-state index contributed by atoms with van der Waals surface area (Å²) >= 11 is 2.06. The van der Waals surface area contributed by atoms with Gasteiger partial charge in [0.15, 0.2) is 5.96 Å². The van der Waals surface area contributed by atoms with Crippen molar-refractivity contribution in [3.8, 4) is 0 Å². The number of aliphatic imine (C=N–C) groups is 1. The van der Waals surface area contributed by atoms with Crippen molar-refractivity contribution in [2.45, 2.75) is 46.8 Å². The number of rotatable bonds is 6. The average Bonchev–Trinajstić information content (AvgIpc) is 2.51. The minimum absolute atomic E-state index is 0.0638. The van der Waals surface area contributed by atoms with Crippen molar-refractivity contribution in [2.24, 2.45) is 16.3 Å². The zero-order valence-electron chi connectivity index (χ0n) is 15.6. The van der Waals surface area contributed by atoms with Crippen LogP contribution in [0.1, 0.15) is 41.5 Å². The highest BCUT2D eigenvalue weighted by atomic mass is 32.2. The lowest BCUT2D eigenvalue weighted by molar-refractivity contribution is -0.128. The Morgan fingerprint density at radius 2 is 1.96 bits per heavy atom.